The maximum atomic E-state index is 13.8. The van der Waals surface area contributed by atoms with Gasteiger partial charge in [0.15, 0.2) is 0 Å². The van der Waals surface area contributed by atoms with Gasteiger partial charge >= 0.3 is 0 Å². The molecule has 4 rings (SSSR count). The molecule has 1 aromatic heterocycles. The number of halogens is 2. The Morgan fingerprint density at radius 2 is 1.97 bits per heavy atom. The number of likely N-dealkylation sites (N-methyl/N-ethyl adjacent to an activating group) is 1. The number of carbonyl (C=O) groups excluding carboxylic acids is 2. The minimum Gasteiger partial charge on any atom is -0.481 e. The number of hydrogen-bond acceptors (Lipinski definition) is 4. The fraction of sp³-hybridized carbons (Fsp3) is 0.115. The van der Waals surface area contributed by atoms with Crippen LogP contribution in [0.1, 0.15) is 27.0 Å². The molecule has 7 heteroatoms. The van der Waals surface area contributed by atoms with Gasteiger partial charge < -0.3 is 9.64 Å². The van der Waals surface area contributed by atoms with Crippen LogP contribution in [0.4, 0.5) is 10.1 Å². The first kappa shape index (κ1) is 22.3. The molecule has 5 nitrogen and oxygen atoms in total. The Kier molecular flexibility index (Phi) is 6.25. The third kappa shape index (κ3) is 4.64. The highest BCUT2D eigenvalue weighted by Gasteiger charge is 2.32. The second-order valence-electron chi connectivity index (χ2n) is 7.34. The molecular formula is C26H18ClFN2O3. The van der Waals surface area contributed by atoms with Crippen molar-refractivity contribution in [3.05, 3.63) is 93.4 Å². The first-order valence-corrected chi connectivity index (χ1v) is 10.4. The van der Waals surface area contributed by atoms with Gasteiger partial charge in [-0.1, -0.05) is 29.5 Å². The predicted molar refractivity (Wildman–Crippen MR) is 125 cm³/mol. The van der Waals surface area contributed by atoms with Gasteiger partial charge in [-0.05, 0) is 53.6 Å². The van der Waals surface area contributed by atoms with Crippen LogP contribution in [0.5, 0.6) is 5.88 Å². The van der Waals surface area contributed by atoms with Crippen LogP contribution in [0.3, 0.4) is 0 Å². The van der Waals surface area contributed by atoms with Gasteiger partial charge in [0.05, 0.1) is 23.4 Å². The summed E-state index contributed by atoms with van der Waals surface area (Å²) in [5.41, 5.74) is 2.76. The maximum absolute atomic E-state index is 13.8. The molecule has 0 radical (unpaired) electrons. The third-order valence-electron chi connectivity index (χ3n) is 5.17. The number of rotatable bonds is 3. The van der Waals surface area contributed by atoms with Crippen molar-refractivity contribution in [1.29, 1.82) is 0 Å². The molecule has 0 saturated heterocycles. The second kappa shape index (κ2) is 9.27. The summed E-state index contributed by atoms with van der Waals surface area (Å²) in [6.45, 7) is 0. The molecule has 33 heavy (non-hydrogen) atoms. The number of carbonyl (C=O) groups is 2. The predicted octanol–water partition coefficient (Wildman–Crippen LogP) is 4.72. The number of aromatic nitrogens is 1. The van der Waals surface area contributed by atoms with E-state index >= 15 is 0 Å². The number of fused-ring (bicyclic) bond motifs is 1. The number of anilines is 1. The van der Waals surface area contributed by atoms with E-state index in [1.54, 1.807) is 44.6 Å². The van der Waals surface area contributed by atoms with Crippen LogP contribution < -0.4 is 9.64 Å². The van der Waals surface area contributed by atoms with Gasteiger partial charge in [-0.2, -0.15) is 0 Å². The Morgan fingerprint density at radius 1 is 1.15 bits per heavy atom. The fourth-order valence-electron chi connectivity index (χ4n) is 3.44. The number of nitrogens with zero attached hydrogens (tertiary/aromatic N) is 2. The van der Waals surface area contributed by atoms with E-state index in [4.69, 9.17) is 16.3 Å². The number of ketones is 1. The summed E-state index contributed by atoms with van der Waals surface area (Å²) < 4.78 is 18.9. The monoisotopic (exact) mass is 460 g/mol. The normalized spacial score (nSPS) is 14.1. The molecule has 1 aliphatic heterocycles. The summed E-state index contributed by atoms with van der Waals surface area (Å²) in [6.07, 6.45) is 3.51. The van der Waals surface area contributed by atoms with Gasteiger partial charge in [-0.3, -0.25) is 9.59 Å². The molecule has 0 unspecified atom stereocenters. The van der Waals surface area contributed by atoms with Crippen molar-refractivity contribution in [2.45, 2.75) is 6.42 Å². The number of benzene rings is 2. The Morgan fingerprint density at radius 3 is 2.73 bits per heavy atom. The molecule has 3 aromatic rings. The summed E-state index contributed by atoms with van der Waals surface area (Å²) in [5.74, 6) is 5.12. The Balaban J connectivity index is 1.64. The summed E-state index contributed by atoms with van der Waals surface area (Å²) >= 11 is 5.72. The van der Waals surface area contributed by atoms with Crippen molar-refractivity contribution in [2.24, 2.45) is 0 Å². The van der Waals surface area contributed by atoms with Gasteiger partial charge in [0, 0.05) is 36.9 Å². The number of pyridine rings is 1. The Labute approximate surface area is 195 Å². The summed E-state index contributed by atoms with van der Waals surface area (Å²) in [4.78, 5) is 31.4. The molecule has 2 aromatic carbocycles. The van der Waals surface area contributed by atoms with E-state index in [0.717, 1.165) is 5.56 Å². The van der Waals surface area contributed by atoms with E-state index in [0.29, 0.717) is 34.7 Å². The number of hydrogen-bond donors (Lipinski definition) is 0. The van der Waals surface area contributed by atoms with Gasteiger partial charge in [-0.25, -0.2) is 9.37 Å². The lowest BCUT2D eigenvalue weighted by Gasteiger charge is -2.26. The van der Waals surface area contributed by atoms with Gasteiger partial charge in [-0.15, -0.1) is 0 Å². The lowest BCUT2D eigenvalue weighted by molar-refractivity contribution is -0.114. The van der Waals surface area contributed by atoms with Crippen LogP contribution in [-0.2, 0) is 11.2 Å². The molecule has 1 amide bonds. The Hall–Kier alpha value is -3.95. The van der Waals surface area contributed by atoms with Crippen molar-refractivity contribution in [3.63, 3.8) is 0 Å². The zero-order valence-electron chi connectivity index (χ0n) is 17.9. The number of ether oxygens (including phenoxy) is 1. The van der Waals surface area contributed by atoms with E-state index in [-0.39, 0.29) is 10.6 Å². The first-order chi connectivity index (χ1) is 15.9. The van der Waals surface area contributed by atoms with Gasteiger partial charge in [0.25, 0.3) is 5.91 Å². The van der Waals surface area contributed by atoms with Crippen LogP contribution in [0.15, 0.2) is 60.3 Å². The lowest BCUT2D eigenvalue weighted by atomic mass is 9.92. The third-order valence-corrected chi connectivity index (χ3v) is 5.48. The van der Waals surface area contributed by atoms with Crippen molar-refractivity contribution in [2.75, 3.05) is 19.1 Å². The molecule has 0 bridgehead atoms. The van der Waals surface area contributed by atoms with E-state index in [1.165, 1.54) is 23.1 Å². The molecule has 0 atom stereocenters. The number of methoxy groups -OCH3 is 1. The van der Waals surface area contributed by atoms with Crippen LogP contribution in [-0.4, -0.2) is 30.8 Å². The molecule has 2 heterocycles. The maximum Gasteiger partial charge on any atom is 0.262 e. The molecule has 0 spiro atoms. The van der Waals surface area contributed by atoms with Crippen LogP contribution in [0, 0.1) is 17.7 Å². The van der Waals surface area contributed by atoms with E-state index < -0.39 is 17.5 Å². The molecule has 0 aliphatic carbocycles. The quantitative estimate of drug-likeness (QED) is 0.322. The summed E-state index contributed by atoms with van der Waals surface area (Å²) in [6, 6.07) is 12.9. The molecule has 0 fully saturated rings. The molecular weight excluding hydrogens is 443 g/mol. The highest BCUT2D eigenvalue weighted by molar-refractivity contribution is 6.36. The van der Waals surface area contributed by atoms with Crippen LogP contribution >= 0.6 is 11.6 Å². The summed E-state index contributed by atoms with van der Waals surface area (Å²) in [7, 11) is 3.14. The van der Waals surface area contributed by atoms with E-state index in [2.05, 4.69) is 16.8 Å². The topological polar surface area (TPSA) is 59.5 Å². The SMILES string of the molecule is COc1cc(CC#Cc2ccc3c(c2)C(=O)/C(=C\c2ccc(Cl)c(F)c2)C(=O)N3C)ccn1. The van der Waals surface area contributed by atoms with Crippen LogP contribution in [0.2, 0.25) is 5.02 Å². The van der Waals surface area contributed by atoms with Crippen molar-refractivity contribution in [1.82, 2.24) is 4.98 Å². The zero-order valence-corrected chi connectivity index (χ0v) is 18.6. The average molecular weight is 461 g/mol. The smallest absolute Gasteiger partial charge is 0.262 e. The molecule has 0 saturated carbocycles. The highest BCUT2D eigenvalue weighted by Crippen LogP contribution is 2.31. The molecule has 0 N–H and O–H groups in total. The van der Waals surface area contributed by atoms with Crippen LogP contribution in [0.25, 0.3) is 6.08 Å². The first-order valence-electron chi connectivity index (χ1n) is 9.98. The largest absolute Gasteiger partial charge is 0.481 e. The Bertz CT molecular complexity index is 1370. The van der Waals surface area contributed by atoms with Gasteiger partial charge in [0.2, 0.25) is 11.7 Å². The number of Topliss-reactive ketones (excluding diaryl/α,β-unsaturated/α-hetero) is 1. The molecule has 1 aliphatic rings. The number of amides is 1. The molecule has 164 valence electrons. The van der Waals surface area contributed by atoms with E-state index in [9.17, 15) is 14.0 Å². The van der Waals surface area contributed by atoms with Crippen molar-refractivity contribution in [3.8, 4) is 17.7 Å². The second-order valence-corrected chi connectivity index (χ2v) is 7.75. The van der Waals surface area contributed by atoms with Crippen molar-refractivity contribution < 1.29 is 18.7 Å². The summed E-state index contributed by atoms with van der Waals surface area (Å²) in [5, 5.41) is -0.0330. The fourth-order valence-corrected chi connectivity index (χ4v) is 3.55. The minimum absolute atomic E-state index is 0.0330. The van der Waals surface area contributed by atoms with E-state index in [1.807, 2.05) is 12.1 Å². The lowest BCUT2D eigenvalue weighted by Crippen LogP contribution is -2.36. The van der Waals surface area contributed by atoms with Crippen molar-refractivity contribution >= 4 is 35.1 Å². The average Bonchev–Trinajstić information content (AvgIpc) is 2.82. The minimum atomic E-state index is -0.625. The standard InChI is InChI=1S/C26H18ClFN2O3/c1-30-23-9-7-16(4-3-5-17-10-11-29-24(15-17)33-2)12-19(23)25(31)20(26(30)32)13-18-6-8-21(27)22(28)14-18/h6-15H,5H2,1-2H3/b20-13+. The van der Waals surface area contributed by atoms with Gasteiger partial charge in [0.1, 0.15) is 5.82 Å². The zero-order chi connectivity index (χ0) is 23.5. The highest BCUT2D eigenvalue weighted by atomic mass is 35.5.